The average Bonchev–Trinajstić information content (AvgIpc) is 3.25. The molecule has 3 amide bonds. The summed E-state index contributed by atoms with van der Waals surface area (Å²) < 4.78 is 39.5. The van der Waals surface area contributed by atoms with Gasteiger partial charge >= 0.3 is 12.1 Å². The van der Waals surface area contributed by atoms with Gasteiger partial charge in [-0.3, -0.25) is 24.2 Å². The van der Waals surface area contributed by atoms with Gasteiger partial charge < -0.3 is 20.2 Å². The molecule has 0 bridgehead atoms. The molecule has 0 aromatic rings. The monoisotopic (exact) mass is 506 g/mol. The van der Waals surface area contributed by atoms with Gasteiger partial charge in [0.1, 0.15) is 23.3 Å². The van der Waals surface area contributed by atoms with Crippen molar-refractivity contribution in [1.82, 2.24) is 15.1 Å². The van der Waals surface area contributed by atoms with Gasteiger partial charge in [0, 0.05) is 20.1 Å². The quantitative estimate of drug-likeness (QED) is 0.441. The van der Waals surface area contributed by atoms with Crippen molar-refractivity contribution in [2.24, 2.45) is 16.8 Å². The summed E-state index contributed by atoms with van der Waals surface area (Å²) in [6.45, 7) is 9.37. The minimum atomic E-state index is -4.72. The Morgan fingerprint density at radius 3 is 2.00 bits per heavy atom. The maximum absolute atomic E-state index is 13.4. The zero-order chi connectivity index (χ0) is 27.3. The molecular formula is C23H37F3N4O5. The fourth-order valence-electron chi connectivity index (χ4n) is 4.03. The maximum Gasteiger partial charge on any atom is 0.428 e. The van der Waals surface area contributed by atoms with Crippen molar-refractivity contribution in [3.63, 3.8) is 0 Å². The normalized spacial score (nSPS) is 18.3. The second-order valence-corrected chi connectivity index (χ2v) is 9.79. The van der Waals surface area contributed by atoms with Crippen molar-refractivity contribution in [3.8, 4) is 0 Å². The highest BCUT2D eigenvalue weighted by Gasteiger charge is 2.45. The van der Waals surface area contributed by atoms with E-state index < -0.39 is 71.5 Å². The highest BCUT2D eigenvalue weighted by atomic mass is 19.4. The number of aliphatic imine (C=N–C) groups is 1. The van der Waals surface area contributed by atoms with Gasteiger partial charge in [-0.1, -0.05) is 27.7 Å². The number of likely N-dealkylation sites (tertiary alicyclic amines) is 1. The van der Waals surface area contributed by atoms with E-state index in [9.17, 15) is 37.5 Å². The number of carboxylic acids is 1. The molecule has 1 aliphatic rings. The van der Waals surface area contributed by atoms with Crippen LogP contribution in [-0.2, 0) is 19.2 Å². The van der Waals surface area contributed by atoms with Crippen LogP contribution in [0.1, 0.15) is 60.8 Å². The molecule has 1 saturated heterocycles. The number of rotatable bonds is 10. The number of hydrogen-bond acceptors (Lipinski definition) is 5. The molecule has 0 spiro atoms. The first-order chi connectivity index (χ1) is 15.9. The third kappa shape index (κ3) is 7.66. The Balaban J connectivity index is 3.27. The first-order valence-corrected chi connectivity index (χ1v) is 11.6. The number of likely N-dealkylation sites (N-methyl/N-ethyl adjacent to an activating group) is 1. The van der Waals surface area contributed by atoms with Crippen molar-refractivity contribution in [3.05, 3.63) is 0 Å². The van der Waals surface area contributed by atoms with Crippen LogP contribution in [0.15, 0.2) is 4.99 Å². The lowest BCUT2D eigenvalue weighted by atomic mass is 9.86. The van der Waals surface area contributed by atoms with Crippen molar-refractivity contribution in [2.45, 2.75) is 84.6 Å². The van der Waals surface area contributed by atoms with E-state index in [2.05, 4.69) is 10.3 Å². The second-order valence-electron chi connectivity index (χ2n) is 9.79. The Hall–Kier alpha value is -2.66. The van der Waals surface area contributed by atoms with E-state index in [1.165, 1.54) is 18.9 Å². The lowest BCUT2D eigenvalue weighted by molar-refractivity contribution is -0.148. The molecule has 0 aromatic heterocycles. The molecule has 1 heterocycles. The summed E-state index contributed by atoms with van der Waals surface area (Å²) in [5.41, 5.74) is -2.98. The molecule has 1 fully saturated rings. The molecule has 0 saturated carbocycles. The molecule has 1 aliphatic heterocycles. The summed E-state index contributed by atoms with van der Waals surface area (Å²) >= 11 is 0. The Kier molecular flexibility index (Phi) is 10.3. The summed E-state index contributed by atoms with van der Waals surface area (Å²) in [7, 11) is 1.29. The van der Waals surface area contributed by atoms with Crippen LogP contribution in [0.25, 0.3) is 0 Å². The molecule has 200 valence electrons. The number of carbonyl (C=O) groups excluding carboxylic acids is 3. The predicted octanol–water partition coefficient (Wildman–Crippen LogP) is 2.49. The van der Waals surface area contributed by atoms with Crippen LogP contribution in [0.2, 0.25) is 0 Å². The van der Waals surface area contributed by atoms with Gasteiger partial charge in [0.25, 0.3) is 5.91 Å². The first-order valence-electron chi connectivity index (χ1n) is 11.6. The molecule has 9 nitrogen and oxygen atoms in total. The molecule has 0 radical (unpaired) electrons. The van der Waals surface area contributed by atoms with Crippen molar-refractivity contribution < 1.29 is 37.5 Å². The van der Waals surface area contributed by atoms with Crippen LogP contribution in [0.5, 0.6) is 0 Å². The van der Waals surface area contributed by atoms with Gasteiger partial charge in [0.2, 0.25) is 11.8 Å². The lowest BCUT2D eigenvalue weighted by Gasteiger charge is -2.38. The molecule has 12 heteroatoms. The van der Waals surface area contributed by atoms with E-state index in [0.717, 1.165) is 24.7 Å². The molecule has 1 unspecified atom stereocenters. The largest absolute Gasteiger partial charge is 0.481 e. The van der Waals surface area contributed by atoms with Crippen molar-refractivity contribution in [1.29, 1.82) is 0 Å². The zero-order valence-corrected chi connectivity index (χ0v) is 21.4. The Morgan fingerprint density at radius 1 is 1.09 bits per heavy atom. The topological polar surface area (TPSA) is 119 Å². The summed E-state index contributed by atoms with van der Waals surface area (Å²) in [5.74, 6) is -4.50. The Morgan fingerprint density at radius 2 is 1.60 bits per heavy atom. The number of amides is 3. The number of alkyl halides is 3. The van der Waals surface area contributed by atoms with Gasteiger partial charge in [0.05, 0.1) is 6.42 Å². The van der Waals surface area contributed by atoms with Crippen molar-refractivity contribution >= 4 is 29.4 Å². The van der Waals surface area contributed by atoms with Crippen LogP contribution in [-0.4, -0.2) is 88.2 Å². The number of nitrogens with one attached hydrogen (secondary N) is 1. The van der Waals surface area contributed by atoms with Crippen LogP contribution in [0.3, 0.4) is 0 Å². The van der Waals surface area contributed by atoms with Crippen LogP contribution in [0, 0.1) is 11.8 Å². The van der Waals surface area contributed by atoms with Gasteiger partial charge in [-0.2, -0.15) is 13.2 Å². The number of nitrogens with zero attached hydrogens (tertiary/aromatic N) is 3. The van der Waals surface area contributed by atoms with E-state index >= 15 is 0 Å². The standard InChI is InChI=1S/C23H37F3N4O5/c1-13(2)18(19(33)27-16(12-17(31)32)20(34)30-10-8-9-11-30)29(7)21(35)22(6,14(3)4)28-15(5)23(24,25)26/h13-14,16,18H,8-12H2,1-7H3,(H,27,33)(H,31,32)/t16-,18?,22-/m0/s1. The number of carbonyl (C=O) groups is 4. The smallest absolute Gasteiger partial charge is 0.428 e. The number of halogens is 3. The van der Waals surface area contributed by atoms with E-state index in [4.69, 9.17) is 0 Å². The molecule has 2 N–H and O–H groups in total. The Labute approximate surface area is 204 Å². The molecular weight excluding hydrogens is 469 g/mol. The average molecular weight is 507 g/mol. The molecule has 0 aromatic carbocycles. The van der Waals surface area contributed by atoms with E-state index in [1.807, 2.05) is 0 Å². The van der Waals surface area contributed by atoms with Gasteiger partial charge in [-0.05, 0) is 38.5 Å². The van der Waals surface area contributed by atoms with Gasteiger partial charge in [-0.25, -0.2) is 0 Å². The van der Waals surface area contributed by atoms with E-state index in [0.29, 0.717) is 13.1 Å². The number of aliphatic carboxylic acids is 1. The van der Waals surface area contributed by atoms with Crippen LogP contribution in [0.4, 0.5) is 13.2 Å². The van der Waals surface area contributed by atoms with E-state index in [1.54, 1.807) is 27.7 Å². The SMILES string of the molecule is CC(=N[C@](C)(C(=O)N(C)C(C(=O)N[C@@H](CC(=O)O)C(=O)N1CCCC1)C(C)C)C(C)C)C(F)(F)F. The number of hydrogen-bond donors (Lipinski definition) is 2. The summed E-state index contributed by atoms with van der Waals surface area (Å²) in [6.07, 6.45) is -3.81. The first kappa shape index (κ1) is 30.4. The summed E-state index contributed by atoms with van der Waals surface area (Å²) in [6, 6.07) is -2.51. The third-order valence-electron chi connectivity index (χ3n) is 6.42. The number of carboxylic acid groups (broad SMARTS) is 1. The van der Waals surface area contributed by atoms with Crippen LogP contribution < -0.4 is 5.32 Å². The van der Waals surface area contributed by atoms with Gasteiger partial charge in [0.15, 0.2) is 0 Å². The summed E-state index contributed by atoms with van der Waals surface area (Å²) in [5, 5.41) is 11.7. The molecule has 3 atom stereocenters. The third-order valence-corrected chi connectivity index (χ3v) is 6.42. The molecule has 35 heavy (non-hydrogen) atoms. The van der Waals surface area contributed by atoms with Crippen molar-refractivity contribution in [2.75, 3.05) is 20.1 Å². The fraction of sp³-hybridized carbons (Fsp3) is 0.783. The minimum Gasteiger partial charge on any atom is -0.481 e. The predicted molar refractivity (Wildman–Crippen MR) is 124 cm³/mol. The minimum absolute atomic E-state index is 0.458. The molecule has 0 aliphatic carbocycles. The van der Waals surface area contributed by atoms with Gasteiger partial charge in [-0.15, -0.1) is 0 Å². The summed E-state index contributed by atoms with van der Waals surface area (Å²) in [4.78, 5) is 57.1. The zero-order valence-electron chi connectivity index (χ0n) is 21.4. The maximum atomic E-state index is 13.4. The van der Waals surface area contributed by atoms with Crippen LogP contribution >= 0.6 is 0 Å². The lowest BCUT2D eigenvalue weighted by Crippen LogP contribution is -2.59. The fourth-order valence-corrected chi connectivity index (χ4v) is 4.03. The Bertz CT molecular complexity index is 838. The second kappa shape index (κ2) is 11.9. The highest BCUT2D eigenvalue weighted by Crippen LogP contribution is 2.29. The molecule has 1 rings (SSSR count). The van der Waals surface area contributed by atoms with E-state index in [-0.39, 0.29) is 0 Å². The highest BCUT2D eigenvalue weighted by molar-refractivity contribution is 5.97.